The van der Waals surface area contributed by atoms with E-state index in [-0.39, 0.29) is 11.8 Å². The normalized spacial score (nSPS) is 10.2. The lowest BCUT2D eigenvalue weighted by Gasteiger charge is -2.15. The van der Waals surface area contributed by atoms with Crippen LogP contribution in [0.25, 0.3) is 0 Å². The van der Waals surface area contributed by atoms with Crippen molar-refractivity contribution in [3.8, 4) is 11.5 Å². The summed E-state index contributed by atoms with van der Waals surface area (Å²) in [6, 6.07) is 3.25. The minimum absolute atomic E-state index is 0.117. The van der Waals surface area contributed by atoms with Crippen molar-refractivity contribution in [3.63, 3.8) is 0 Å². The van der Waals surface area contributed by atoms with Gasteiger partial charge in [-0.1, -0.05) is 13.8 Å². The second-order valence-corrected chi connectivity index (χ2v) is 4.52. The van der Waals surface area contributed by atoms with E-state index < -0.39 is 0 Å². The number of carbonyl (C=O) groups excluding carboxylic acids is 2. The van der Waals surface area contributed by atoms with E-state index in [1.165, 1.54) is 0 Å². The molecule has 0 saturated heterocycles. The van der Waals surface area contributed by atoms with E-state index in [0.717, 1.165) is 0 Å². The predicted molar refractivity (Wildman–Crippen MR) is 77.6 cm³/mol. The lowest BCUT2D eigenvalue weighted by atomic mass is 10.1. The van der Waals surface area contributed by atoms with E-state index in [1.807, 2.05) is 13.8 Å². The molecule has 0 saturated carbocycles. The lowest BCUT2D eigenvalue weighted by Crippen LogP contribution is -2.18. The van der Waals surface area contributed by atoms with Crippen molar-refractivity contribution < 1.29 is 19.1 Å². The largest absolute Gasteiger partial charge is 0.490 e. The number of anilines is 1. The van der Waals surface area contributed by atoms with Crippen LogP contribution < -0.4 is 14.8 Å². The molecule has 0 unspecified atom stereocenters. The number of hydrogen-bond acceptors (Lipinski definition) is 4. The van der Waals surface area contributed by atoms with Crippen LogP contribution in [-0.4, -0.2) is 25.4 Å². The number of aldehydes is 1. The molecule has 0 spiro atoms. The Labute approximate surface area is 119 Å². The first kappa shape index (κ1) is 16.0. The van der Waals surface area contributed by atoms with Crippen LogP contribution >= 0.6 is 0 Å². The molecule has 0 fully saturated rings. The summed E-state index contributed by atoms with van der Waals surface area (Å²) in [7, 11) is 0. The highest BCUT2D eigenvalue weighted by Crippen LogP contribution is 2.34. The van der Waals surface area contributed by atoms with Crippen molar-refractivity contribution in [2.24, 2.45) is 5.92 Å². The van der Waals surface area contributed by atoms with Crippen molar-refractivity contribution in [1.29, 1.82) is 0 Å². The van der Waals surface area contributed by atoms with Gasteiger partial charge in [0.05, 0.1) is 18.8 Å². The summed E-state index contributed by atoms with van der Waals surface area (Å²) in [6.45, 7) is 8.15. The Morgan fingerprint density at radius 3 is 2.40 bits per heavy atom. The number of hydrogen-bond donors (Lipinski definition) is 1. The van der Waals surface area contributed by atoms with Gasteiger partial charge >= 0.3 is 0 Å². The first-order valence-corrected chi connectivity index (χ1v) is 6.73. The summed E-state index contributed by atoms with van der Waals surface area (Å²) in [5.41, 5.74) is 0.884. The molecule has 1 amide bonds. The van der Waals surface area contributed by atoms with Crippen LogP contribution in [0.1, 0.15) is 38.1 Å². The van der Waals surface area contributed by atoms with Crippen LogP contribution in [0.3, 0.4) is 0 Å². The van der Waals surface area contributed by atoms with Crippen molar-refractivity contribution in [1.82, 2.24) is 0 Å². The van der Waals surface area contributed by atoms with Crippen molar-refractivity contribution >= 4 is 17.9 Å². The van der Waals surface area contributed by atoms with Gasteiger partial charge in [-0.15, -0.1) is 0 Å². The number of amides is 1. The van der Waals surface area contributed by atoms with Gasteiger partial charge in [-0.05, 0) is 19.9 Å². The topological polar surface area (TPSA) is 64.6 Å². The first-order chi connectivity index (χ1) is 9.53. The molecule has 1 N–H and O–H groups in total. The van der Waals surface area contributed by atoms with Gasteiger partial charge < -0.3 is 14.8 Å². The van der Waals surface area contributed by atoms with E-state index in [1.54, 1.807) is 26.0 Å². The average molecular weight is 279 g/mol. The van der Waals surface area contributed by atoms with E-state index in [9.17, 15) is 9.59 Å². The van der Waals surface area contributed by atoms with Crippen LogP contribution in [0.15, 0.2) is 12.1 Å². The maximum atomic E-state index is 11.7. The fourth-order valence-corrected chi connectivity index (χ4v) is 1.63. The second kappa shape index (κ2) is 7.53. The molecule has 0 bridgehead atoms. The summed E-state index contributed by atoms with van der Waals surface area (Å²) in [6.07, 6.45) is 0.693. The minimum atomic E-state index is -0.142. The van der Waals surface area contributed by atoms with E-state index >= 15 is 0 Å². The Kier molecular flexibility index (Phi) is 6.03. The van der Waals surface area contributed by atoms with Crippen LogP contribution in [-0.2, 0) is 4.79 Å². The van der Waals surface area contributed by atoms with E-state index in [2.05, 4.69) is 5.32 Å². The predicted octanol–water partition coefficient (Wildman–Crippen LogP) is 2.89. The molecule has 5 heteroatoms. The van der Waals surface area contributed by atoms with Crippen LogP contribution in [0.4, 0.5) is 5.69 Å². The van der Waals surface area contributed by atoms with Gasteiger partial charge in [0.2, 0.25) is 5.91 Å². The Morgan fingerprint density at radius 2 is 1.90 bits per heavy atom. The molecule has 0 radical (unpaired) electrons. The van der Waals surface area contributed by atoms with Crippen LogP contribution in [0.5, 0.6) is 11.5 Å². The van der Waals surface area contributed by atoms with Gasteiger partial charge in [0.15, 0.2) is 17.8 Å². The first-order valence-electron chi connectivity index (χ1n) is 6.73. The fraction of sp³-hybridized carbons (Fsp3) is 0.467. The highest BCUT2D eigenvalue weighted by atomic mass is 16.5. The fourth-order valence-electron chi connectivity index (χ4n) is 1.63. The van der Waals surface area contributed by atoms with Crippen molar-refractivity contribution in [3.05, 3.63) is 17.7 Å². The smallest absolute Gasteiger partial charge is 0.226 e. The molecule has 1 rings (SSSR count). The van der Waals surface area contributed by atoms with Gasteiger partial charge in [0.1, 0.15) is 0 Å². The summed E-state index contributed by atoms with van der Waals surface area (Å²) in [5, 5.41) is 2.75. The minimum Gasteiger partial charge on any atom is -0.490 e. The summed E-state index contributed by atoms with van der Waals surface area (Å²) >= 11 is 0. The summed E-state index contributed by atoms with van der Waals surface area (Å²) < 4.78 is 10.9. The van der Waals surface area contributed by atoms with Gasteiger partial charge in [-0.2, -0.15) is 0 Å². The molecule has 0 heterocycles. The zero-order chi connectivity index (χ0) is 15.1. The number of nitrogens with one attached hydrogen (secondary N) is 1. The molecule has 0 atom stereocenters. The monoisotopic (exact) mass is 279 g/mol. The molecule has 0 aliphatic carbocycles. The zero-order valence-corrected chi connectivity index (χ0v) is 12.4. The average Bonchev–Trinajstić information content (AvgIpc) is 2.41. The highest BCUT2D eigenvalue weighted by Gasteiger charge is 2.15. The van der Waals surface area contributed by atoms with Crippen LogP contribution in [0, 0.1) is 5.92 Å². The lowest BCUT2D eigenvalue weighted by molar-refractivity contribution is -0.118. The maximum Gasteiger partial charge on any atom is 0.226 e. The van der Waals surface area contributed by atoms with E-state index in [0.29, 0.717) is 42.2 Å². The second-order valence-electron chi connectivity index (χ2n) is 4.52. The SMILES string of the molecule is CCOc1cc(NC(=O)C(C)C)cc(C=O)c1OCC. The van der Waals surface area contributed by atoms with Gasteiger partial charge in [0.25, 0.3) is 0 Å². The summed E-state index contributed by atoms with van der Waals surface area (Å²) in [4.78, 5) is 22.9. The molecule has 0 aromatic heterocycles. The molecule has 1 aromatic rings. The Hall–Kier alpha value is -2.04. The number of benzene rings is 1. The molecular weight excluding hydrogens is 258 g/mol. The van der Waals surface area contributed by atoms with Crippen molar-refractivity contribution in [2.45, 2.75) is 27.7 Å². The van der Waals surface area contributed by atoms with Gasteiger partial charge in [-0.25, -0.2) is 0 Å². The molecule has 0 aliphatic heterocycles. The standard InChI is InChI=1S/C15H21NO4/c1-5-19-13-8-12(16-15(18)10(3)4)7-11(9-17)14(13)20-6-2/h7-10H,5-6H2,1-4H3,(H,16,18). The highest BCUT2D eigenvalue weighted by molar-refractivity contribution is 5.94. The van der Waals surface area contributed by atoms with Crippen LogP contribution in [0.2, 0.25) is 0 Å². The Morgan fingerprint density at radius 1 is 1.25 bits per heavy atom. The number of ether oxygens (including phenoxy) is 2. The quantitative estimate of drug-likeness (QED) is 0.779. The van der Waals surface area contributed by atoms with E-state index in [4.69, 9.17) is 9.47 Å². The third-order valence-corrected chi connectivity index (χ3v) is 2.59. The maximum absolute atomic E-state index is 11.7. The molecular formula is C15H21NO4. The number of carbonyl (C=O) groups is 2. The molecule has 0 aliphatic rings. The molecule has 20 heavy (non-hydrogen) atoms. The molecule has 1 aromatic carbocycles. The Balaban J connectivity index is 3.18. The zero-order valence-electron chi connectivity index (χ0n) is 12.4. The molecule has 5 nitrogen and oxygen atoms in total. The summed E-state index contributed by atoms with van der Waals surface area (Å²) in [5.74, 6) is 0.607. The van der Waals surface area contributed by atoms with Crippen molar-refractivity contribution in [2.75, 3.05) is 18.5 Å². The van der Waals surface area contributed by atoms with Gasteiger partial charge in [0, 0.05) is 17.7 Å². The molecule has 110 valence electrons. The third-order valence-electron chi connectivity index (χ3n) is 2.59. The van der Waals surface area contributed by atoms with Gasteiger partial charge in [-0.3, -0.25) is 9.59 Å². The third kappa shape index (κ3) is 3.98. The Bertz CT molecular complexity index is 483. The number of rotatable bonds is 7.